The van der Waals surface area contributed by atoms with Crippen LogP contribution in [0.1, 0.15) is 20.7 Å². The molecular weight excluding hydrogens is 304 g/mol. The van der Waals surface area contributed by atoms with Crippen LogP contribution in [0, 0.1) is 0 Å². The molecule has 0 aromatic heterocycles. The van der Waals surface area contributed by atoms with Gasteiger partial charge in [0.15, 0.2) is 5.78 Å². The predicted molar refractivity (Wildman–Crippen MR) is 78.8 cm³/mol. The number of rotatable bonds is 1. The molecule has 0 aliphatic heterocycles. The van der Waals surface area contributed by atoms with Crippen LogP contribution in [0.15, 0.2) is 59.1 Å². The molecule has 2 nitrogen and oxygen atoms in total. The molecule has 2 aromatic carbocycles. The fourth-order valence-electron chi connectivity index (χ4n) is 2.28. The molecule has 2 aromatic rings. The van der Waals surface area contributed by atoms with Crippen molar-refractivity contribution >= 4 is 38.3 Å². The number of carbonyl (C=O) groups is 2. The third-order valence-corrected chi connectivity index (χ3v) is 4.05. The summed E-state index contributed by atoms with van der Waals surface area (Å²) in [6.07, 6.45) is 1.42. The number of allylic oxidation sites excluding steroid dienone is 3. The van der Waals surface area contributed by atoms with Crippen LogP contribution in [0.2, 0.25) is 0 Å². The first kappa shape index (κ1) is 12.1. The van der Waals surface area contributed by atoms with Gasteiger partial charge in [-0.25, -0.2) is 0 Å². The molecule has 0 bridgehead atoms. The normalized spacial score (nSPS) is 14.8. The minimum atomic E-state index is -0.171. The number of Topliss-reactive ketones (excluding diaryl/α,β-unsaturated/α-hetero) is 2. The number of carbonyl (C=O) groups excluding carboxylic acids is 2. The van der Waals surface area contributed by atoms with Crippen molar-refractivity contribution in [2.24, 2.45) is 0 Å². The molecule has 1 aliphatic rings. The Labute approximate surface area is 118 Å². The summed E-state index contributed by atoms with van der Waals surface area (Å²) in [5, 5.41) is 1.90. The van der Waals surface area contributed by atoms with Crippen LogP contribution in [-0.2, 0) is 0 Å². The van der Waals surface area contributed by atoms with E-state index in [1.807, 2.05) is 24.3 Å². The van der Waals surface area contributed by atoms with Crippen molar-refractivity contribution in [1.29, 1.82) is 0 Å². The fourth-order valence-corrected chi connectivity index (χ4v) is 2.84. The molecule has 0 radical (unpaired) electrons. The summed E-state index contributed by atoms with van der Waals surface area (Å²) in [5.74, 6) is -0.336. The summed E-state index contributed by atoms with van der Waals surface area (Å²) in [6, 6.07) is 11.2. The number of hydrogen-bond acceptors (Lipinski definition) is 2. The quantitative estimate of drug-likeness (QED) is 0.796. The van der Waals surface area contributed by atoms with Gasteiger partial charge in [0.05, 0.1) is 4.48 Å². The van der Waals surface area contributed by atoms with Gasteiger partial charge in [-0.3, -0.25) is 9.59 Å². The van der Waals surface area contributed by atoms with E-state index < -0.39 is 0 Å². The number of halogens is 1. The minimum absolute atomic E-state index is 0.165. The molecular formula is C16H9BrO2. The van der Waals surface area contributed by atoms with E-state index in [4.69, 9.17) is 0 Å². The second-order valence-corrected chi connectivity index (χ2v) is 5.13. The highest BCUT2D eigenvalue weighted by Gasteiger charge is 2.29. The van der Waals surface area contributed by atoms with Crippen LogP contribution < -0.4 is 0 Å². The highest BCUT2D eigenvalue weighted by Crippen LogP contribution is 2.32. The standard InChI is InChI=1S/C16H9BrO2/c1-2-11-14(17)16(19)13-8-10-6-4-3-5-9(10)7-12(13)15(11)18/h2-8H,1H2. The Balaban J connectivity index is 2.37. The van der Waals surface area contributed by atoms with E-state index in [1.54, 1.807) is 12.1 Å². The van der Waals surface area contributed by atoms with E-state index in [9.17, 15) is 9.59 Å². The van der Waals surface area contributed by atoms with E-state index in [0.717, 1.165) is 10.8 Å². The van der Waals surface area contributed by atoms with Gasteiger partial charge in [-0.1, -0.05) is 36.9 Å². The van der Waals surface area contributed by atoms with Gasteiger partial charge < -0.3 is 0 Å². The molecule has 0 heterocycles. The Kier molecular flexibility index (Phi) is 2.72. The van der Waals surface area contributed by atoms with Crippen molar-refractivity contribution in [3.05, 3.63) is 70.2 Å². The van der Waals surface area contributed by atoms with Gasteiger partial charge in [0.1, 0.15) is 0 Å². The van der Waals surface area contributed by atoms with Crippen molar-refractivity contribution < 1.29 is 9.59 Å². The lowest BCUT2D eigenvalue weighted by molar-refractivity contribution is 0.0985. The molecule has 0 amide bonds. The molecule has 0 saturated heterocycles. The van der Waals surface area contributed by atoms with Gasteiger partial charge in [-0.05, 0) is 38.8 Å². The zero-order valence-corrected chi connectivity index (χ0v) is 11.5. The average molecular weight is 313 g/mol. The molecule has 0 N–H and O–H groups in total. The molecule has 3 heteroatoms. The Morgan fingerprint density at radius 3 is 2.00 bits per heavy atom. The van der Waals surface area contributed by atoms with Gasteiger partial charge in [-0.15, -0.1) is 0 Å². The molecule has 1 aliphatic carbocycles. The molecule has 0 saturated carbocycles. The molecule has 19 heavy (non-hydrogen) atoms. The average Bonchev–Trinajstić information content (AvgIpc) is 2.44. The van der Waals surface area contributed by atoms with Crippen LogP contribution in [0.4, 0.5) is 0 Å². The van der Waals surface area contributed by atoms with Crippen LogP contribution in [0.25, 0.3) is 10.8 Å². The maximum atomic E-state index is 12.3. The summed E-state index contributed by atoms with van der Waals surface area (Å²) >= 11 is 3.19. The topological polar surface area (TPSA) is 34.1 Å². The van der Waals surface area contributed by atoms with Gasteiger partial charge in [0.2, 0.25) is 5.78 Å². The zero-order chi connectivity index (χ0) is 13.6. The third-order valence-electron chi connectivity index (χ3n) is 3.26. The Morgan fingerprint density at radius 1 is 0.947 bits per heavy atom. The van der Waals surface area contributed by atoms with Crippen molar-refractivity contribution in [3.63, 3.8) is 0 Å². The first-order chi connectivity index (χ1) is 9.13. The van der Waals surface area contributed by atoms with E-state index in [0.29, 0.717) is 16.7 Å². The third kappa shape index (κ3) is 1.70. The van der Waals surface area contributed by atoms with Crippen LogP contribution in [0.5, 0.6) is 0 Å². The van der Waals surface area contributed by atoms with E-state index >= 15 is 0 Å². The second-order valence-electron chi connectivity index (χ2n) is 4.33. The van der Waals surface area contributed by atoms with Crippen molar-refractivity contribution in [3.8, 4) is 0 Å². The molecule has 0 unspecified atom stereocenters. The maximum Gasteiger partial charge on any atom is 0.201 e. The molecule has 0 atom stereocenters. The molecule has 0 spiro atoms. The van der Waals surface area contributed by atoms with E-state index in [2.05, 4.69) is 22.5 Å². The van der Waals surface area contributed by atoms with Gasteiger partial charge in [-0.2, -0.15) is 0 Å². The molecule has 92 valence electrons. The predicted octanol–water partition coefficient (Wildman–Crippen LogP) is 4.05. The smallest absolute Gasteiger partial charge is 0.201 e. The highest BCUT2D eigenvalue weighted by molar-refractivity contribution is 9.12. The van der Waals surface area contributed by atoms with Crippen molar-refractivity contribution in [2.45, 2.75) is 0 Å². The monoisotopic (exact) mass is 312 g/mol. The summed E-state index contributed by atoms with van der Waals surface area (Å²) < 4.78 is 0.287. The largest absolute Gasteiger partial charge is 0.289 e. The number of fused-ring (bicyclic) bond motifs is 2. The second kappa shape index (κ2) is 4.28. The lowest BCUT2D eigenvalue weighted by atomic mass is 9.87. The first-order valence-corrected chi connectivity index (χ1v) is 6.57. The van der Waals surface area contributed by atoms with Crippen LogP contribution >= 0.6 is 15.9 Å². The zero-order valence-electron chi connectivity index (χ0n) is 9.94. The summed E-state index contributed by atoms with van der Waals surface area (Å²) in [7, 11) is 0. The SMILES string of the molecule is C=CC1=C(Br)C(=O)c2cc3ccccc3cc2C1=O. The van der Waals surface area contributed by atoms with Gasteiger partial charge >= 0.3 is 0 Å². The van der Waals surface area contributed by atoms with Crippen molar-refractivity contribution in [1.82, 2.24) is 0 Å². The Morgan fingerprint density at radius 2 is 1.47 bits per heavy atom. The maximum absolute atomic E-state index is 12.3. The first-order valence-electron chi connectivity index (χ1n) is 5.78. The number of hydrogen-bond donors (Lipinski definition) is 0. The molecule has 3 rings (SSSR count). The van der Waals surface area contributed by atoms with Gasteiger partial charge in [0, 0.05) is 16.7 Å². The van der Waals surface area contributed by atoms with E-state index in [1.165, 1.54) is 6.08 Å². The van der Waals surface area contributed by atoms with Crippen LogP contribution in [-0.4, -0.2) is 11.6 Å². The minimum Gasteiger partial charge on any atom is -0.289 e. The summed E-state index contributed by atoms with van der Waals surface area (Å²) in [6.45, 7) is 3.59. The van der Waals surface area contributed by atoms with Crippen molar-refractivity contribution in [2.75, 3.05) is 0 Å². The summed E-state index contributed by atoms with van der Waals surface area (Å²) in [5.41, 5.74) is 1.22. The Bertz CT molecular complexity index is 784. The number of benzene rings is 2. The number of ketones is 2. The van der Waals surface area contributed by atoms with Crippen LogP contribution in [0.3, 0.4) is 0 Å². The lowest BCUT2D eigenvalue weighted by Gasteiger charge is -2.16. The Hall–Kier alpha value is -2.00. The fraction of sp³-hybridized carbons (Fsp3) is 0. The van der Waals surface area contributed by atoms with Gasteiger partial charge in [0.25, 0.3) is 0 Å². The summed E-state index contributed by atoms with van der Waals surface area (Å²) in [4.78, 5) is 24.6. The van der Waals surface area contributed by atoms with E-state index in [-0.39, 0.29) is 16.0 Å². The highest BCUT2D eigenvalue weighted by atomic mass is 79.9. The molecule has 0 fully saturated rings. The lowest BCUT2D eigenvalue weighted by Crippen LogP contribution is -2.18.